The van der Waals surface area contributed by atoms with E-state index < -0.39 is 17.8 Å². The highest BCUT2D eigenvalue weighted by molar-refractivity contribution is 5.68. The molecular formula is C13H23NO4. The zero-order chi connectivity index (χ0) is 13.5. The smallest absolute Gasteiger partial charge is 0.410 e. The van der Waals surface area contributed by atoms with Gasteiger partial charge in [-0.1, -0.05) is 0 Å². The molecule has 1 aliphatic carbocycles. The Morgan fingerprint density at radius 2 is 1.56 bits per heavy atom. The van der Waals surface area contributed by atoms with Crippen LogP contribution in [0, 0.1) is 11.8 Å². The van der Waals surface area contributed by atoms with Crippen LogP contribution in [-0.4, -0.2) is 52.1 Å². The molecule has 4 atom stereocenters. The Labute approximate surface area is 108 Å². The summed E-state index contributed by atoms with van der Waals surface area (Å²) in [6, 6.07) is 0. The van der Waals surface area contributed by atoms with Crippen molar-refractivity contribution in [3.63, 3.8) is 0 Å². The molecule has 0 aromatic rings. The third-order valence-electron chi connectivity index (χ3n) is 3.76. The van der Waals surface area contributed by atoms with Gasteiger partial charge >= 0.3 is 6.09 Å². The zero-order valence-electron chi connectivity index (χ0n) is 11.3. The third kappa shape index (κ3) is 2.95. The van der Waals surface area contributed by atoms with Crippen molar-refractivity contribution in [2.45, 2.75) is 51.4 Å². The monoisotopic (exact) mass is 257 g/mol. The van der Waals surface area contributed by atoms with Gasteiger partial charge in [0.25, 0.3) is 0 Å². The number of carbonyl (C=O) groups excluding carboxylic acids is 1. The maximum atomic E-state index is 11.9. The number of hydrogen-bond donors (Lipinski definition) is 2. The maximum absolute atomic E-state index is 11.9. The van der Waals surface area contributed by atoms with E-state index in [0.717, 1.165) is 0 Å². The van der Waals surface area contributed by atoms with Gasteiger partial charge in [-0.25, -0.2) is 4.79 Å². The number of aliphatic hydroxyl groups excluding tert-OH is 2. The van der Waals surface area contributed by atoms with E-state index in [9.17, 15) is 15.0 Å². The van der Waals surface area contributed by atoms with Gasteiger partial charge in [0.05, 0.1) is 12.2 Å². The number of hydrogen-bond acceptors (Lipinski definition) is 4. The first kappa shape index (κ1) is 13.6. The van der Waals surface area contributed by atoms with Crippen LogP contribution in [-0.2, 0) is 4.74 Å². The van der Waals surface area contributed by atoms with Crippen LogP contribution < -0.4 is 0 Å². The van der Waals surface area contributed by atoms with Crippen molar-refractivity contribution in [1.82, 2.24) is 4.90 Å². The van der Waals surface area contributed by atoms with E-state index in [4.69, 9.17) is 4.74 Å². The van der Waals surface area contributed by atoms with Crippen molar-refractivity contribution >= 4 is 6.09 Å². The lowest BCUT2D eigenvalue weighted by molar-refractivity contribution is -0.0372. The van der Waals surface area contributed by atoms with Gasteiger partial charge in [0.15, 0.2) is 0 Å². The average molecular weight is 257 g/mol. The molecular weight excluding hydrogens is 234 g/mol. The summed E-state index contributed by atoms with van der Waals surface area (Å²) < 4.78 is 5.34. The molecule has 0 radical (unpaired) electrons. The summed E-state index contributed by atoms with van der Waals surface area (Å²) in [5.41, 5.74) is -0.482. The molecule has 1 saturated heterocycles. The molecule has 18 heavy (non-hydrogen) atoms. The van der Waals surface area contributed by atoms with Gasteiger partial charge in [-0.15, -0.1) is 0 Å². The summed E-state index contributed by atoms with van der Waals surface area (Å²) in [6.07, 6.45) is -0.438. The number of carbonyl (C=O) groups is 1. The SMILES string of the molecule is CC(C)(C)OC(=O)N1C[C@@H]2C[C@H](O)[C@@H](O)C[C@H]2C1. The Morgan fingerprint density at radius 3 is 1.94 bits per heavy atom. The number of nitrogens with zero attached hydrogens (tertiary/aromatic N) is 1. The van der Waals surface area contributed by atoms with Gasteiger partial charge in [-0.2, -0.15) is 0 Å². The highest BCUT2D eigenvalue weighted by Gasteiger charge is 2.43. The normalized spacial score (nSPS) is 36.4. The Bertz CT molecular complexity index is 307. The largest absolute Gasteiger partial charge is 0.444 e. The van der Waals surface area contributed by atoms with Crippen LogP contribution in [0.5, 0.6) is 0 Å². The van der Waals surface area contributed by atoms with Crippen molar-refractivity contribution in [1.29, 1.82) is 0 Å². The predicted molar refractivity (Wildman–Crippen MR) is 66.0 cm³/mol. The Morgan fingerprint density at radius 1 is 1.11 bits per heavy atom. The first-order valence-electron chi connectivity index (χ1n) is 6.60. The second-order valence-electron chi connectivity index (χ2n) is 6.51. The molecule has 1 saturated carbocycles. The van der Waals surface area contributed by atoms with Crippen LogP contribution in [0.25, 0.3) is 0 Å². The molecule has 2 rings (SSSR count). The second kappa shape index (κ2) is 4.70. The molecule has 2 fully saturated rings. The number of ether oxygens (including phenoxy) is 1. The highest BCUT2D eigenvalue weighted by Crippen LogP contribution is 2.36. The molecule has 1 heterocycles. The fourth-order valence-corrected chi connectivity index (χ4v) is 2.88. The summed E-state index contributed by atoms with van der Waals surface area (Å²) in [6.45, 7) is 6.80. The minimum absolute atomic E-state index is 0.288. The van der Waals surface area contributed by atoms with Crippen molar-refractivity contribution in [2.75, 3.05) is 13.1 Å². The van der Waals surface area contributed by atoms with Crippen LogP contribution in [0.4, 0.5) is 4.79 Å². The minimum Gasteiger partial charge on any atom is -0.444 e. The lowest BCUT2D eigenvalue weighted by Crippen LogP contribution is -2.38. The van der Waals surface area contributed by atoms with Crippen LogP contribution >= 0.6 is 0 Å². The molecule has 2 aliphatic rings. The maximum Gasteiger partial charge on any atom is 0.410 e. The van der Waals surface area contributed by atoms with Crippen LogP contribution in [0.3, 0.4) is 0 Å². The fraction of sp³-hybridized carbons (Fsp3) is 0.923. The molecule has 5 heteroatoms. The summed E-state index contributed by atoms with van der Waals surface area (Å²) in [5.74, 6) is 0.576. The first-order valence-corrected chi connectivity index (χ1v) is 6.60. The van der Waals surface area contributed by atoms with Crippen molar-refractivity contribution < 1.29 is 19.7 Å². The number of fused-ring (bicyclic) bond motifs is 1. The van der Waals surface area contributed by atoms with E-state index in [1.54, 1.807) is 4.90 Å². The summed E-state index contributed by atoms with van der Waals surface area (Å²) in [4.78, 5) is 13.6. The summed E-state index contributed by atoms with van der Waals surface area (Å²) in [7, 11) is 0. The molecule has 0 spiro atoms. The van der Waals surface area contributed by atoms with Gasteiger partial charge in [0.1, 0.15) is 5.60 Å². The van der Waals surface area contributed by atoms with Crippen LogP contribution in [0.15, 0.2) is 0 Å². The van der Waals surface area contributed by atoms with Gasteiger partial charge in [-0.3, -0.25) is 0 Å². The summed E-state index contributed by atoms with van der Waals surface area (Å²) >= 11 is 0. The molecule has 0 bridgehead atoms. The Balaban J connectivity index is 1.94. The lowest BCUT2D eigenvalue weighted by atomic mass is 9.79. The Hall–Kier alpha value is -0.810. The van der Waals surface area contributed by atoms with E-state index in [1.807, 2.05) is 20.8 Å². The number of rotatable bonds is 0. The molecule has 104 valence electrons. The quantitative estimate of drug-likeness (QED) is 0.679. The van der Waals surface area contributed by atoms with Crippen LogP contribution in [0.1, 0.15) is 33.6 Å². The fourth-order valence-electron chi connectivity index (χ4n) is 2.88. The predicted octanol–water partition coefficient (Wildman–Crippen LogP) is 0.985. The van der Waals surface area contributed by atoms with E-state index in [1.165, 1.54) is 0 Å². The molecule has 0 unspecified atom stereocenters. The second-order valence-corrected chi connectivity index (χ2v) is 6.51. The lowest BCUT2D eigenvalue weighted by Gasteiger charge is -2.31. The molecule has 2 N–H and O–H groups in total. The molecule has 1 aliphatic heterocycles. The highest BCUT2D eigenvalue weighted by atomic mass is 16.6. The number of aliphatic hydroxyl groups is 2. The minimum atomic E-state index is -0.648. The number of amides is 1. The van der Waals surface area contributed by atoms with E-state index in [-0.39, 0.29) is 17.9 Å². The van der Waals surface area contributed by atoms with Gasteiger partial charge in [-0.05, 0) is 45.4 Å². The van der Waals surface area contributed by atoms with Crippen molar-refractivity contribution in [3.8, 4) is 0 Å². The first-order chi connectivity index (χ1) is 8.26. The van der Waals surface area contributed by atoms with E-state index in [0.29, 0.717) is 25.9 Å². The standard InChI is InChI=1S/C13H23NO4/c1-13(2,3)18-12(17)14-6-8-4-10(15)11(16)5-9(8)7-14/h8-11,15-16H,4-7H2,1-3H3/t8-,9-,10-,11-/m0/s1. The molecule has 0 aromatic carbocycles. The average Bonchev–Trinajstić information content (AvgIpc) is 2.59. The molecule has 1 amide bonds. The van der Waals surface area contributed by atoms with Crippen molar-refractivity contribution in [3.05, 3.63) is 0 Å². The summed E-state index contributed by atoms with van der Waals surface area (Å²) in [5, 5.41) is 19.3. The van der Waals surface area contributed by atoms with Crippen molar-refractivity contribution in [2.24, 2.45) is 11.8 Å². The van der Waals surface area contributed by atoms with Crippen LogP contribution in [0.2, 0.25) is 0 Å². The van der Waals surface area contributed by atoms with Gasteiger partial charge in [0.2, 0.25) is 0 Å². The third-order valence-corrected chi connectivity index (χ3v) is 3.76. The van der Waals surface area contributed by atoms with E-state index in [2.05, 4.69) is 0 Å². The molecule has 0 aromatic heterocycles. The topological polar surface area (TPSA) is 70.0 Å². The van der Waals surface area contributed by atoms with Gasteiger partial charge in [0, 0.05) is 13.1 Å². The van der Waals surface area contributed by atoms with E-state index >= 15 is 0 Å². The Kier molecular flexibility index (Phi) is 3.56. The number of likely N-dealkylation sites (tertiary alicyclic amines) is 1. The van der Waals surface area contributed by atoms with Gasteiger partial charge < -0.3 is 19.8 Å². The zero-order valence-corrected chi connectivity index (χ0v) is 11.3. The molecule has 5 nitrogen and oxygen atoms in total.